The van der Waals surface area contributed by atoms with Gasteiger partial charge in [0.15, 0.2) is 0 Å². The summed E-state index contributed by atoms with van der Waals surface area (Å²) in [5, 5.41) is 19.0. The van der Waals surface area contributed by atoms with Crippen LogP contribution in [-0.4, -0.2) is 29.6 Å². The van der Waals surface area contributed by atoms with E-state index in [0.717, 1.165) is 0 Å². The monoisotopic (exact) mass is 359 g/mol. The number of urea groups is 1. The summed E-state index contributed by atoms with van der Waals surface area (Å²) < 4.78 is 12.7. The standard InChI is InChI=1S/C16H14FN5O4/c17-12-6-4-11(5-7-12)9-19-21-15(23)10-18-16(24)20-13-2-1-3-14(8-13)22(25)26/h1-9H,10H2,(H,21,23)(H2,18,20,24)/b19-9+. The zero-order valence-electron chi connectivity index (χ0n) is 13.3. The summed E-state index contributed by atoms with van der Waals surface area (Å²) in [6.45, 7) is -0.360. The van der Waals surface area contributed by atoms with E-state index in [1.807, 2.05) is 0 Å². The maximum atomic E-state index is 12.7. The average molecular weight is 359 g/mol. The van der Waals surface area contributed by atoms with E-state index in [0.29, 0.717) is 5.56 Å². The molecular weight excluding hydrogens is 345 g/mol. The van der Waals surface area contributed by atoms with Crippen LogP contribution in [0.3, 0.4) is 0 Å². The van der Waals surface area contributed by atoms with Crippen molar-refractivity contribution in [2.45, 2.75) is 0 Å². The number of carbonyl (C=O) groups excluding carboxylic acids is 2. The van der Waals surface area contributed by atoms with Crippen LogP contribution in [0.15, 0.2) is 53.6 Å². The van der Waals surface area contributed by atoms with Gasteiger partial charge in [-0.05, 0) is 23.8 Å². The Morgan fingerprint density at radius 2 is 1.92 bits per heavy atom. The van der Waals surface area contributed by atoms with Gasteiger partial charge in [-0.15, -0.1) is 0 Å². The molecule has 2 rings (SSSR count). The number of nitrogens with one attached hydrogen (secondary N) is 3. The van der Waals surface area contributed by atoms with Gasteiger partial charge in [-0.25, -0.2) is 14.6 Å². The topological polar surface area (TPSA) is 126 Å². The van der Waals surface area contributed by atoms with E-state index in [-0.39, 0.29) is 23.7 Å². The molecule has 134 valence electrons. The molecule has 0 unspecified atom stereocenters. The number of halogens is 1. The molecule has 26 heavy (non-hydrogen) atoms. The molecule has 0 saturated heterocycles. The van der Waals surface area contributed by atoms with E-state index in [9.17, 15) is 24.1 Å². The summed E-state index contributed by atoms with van der Waals surface area (Å²) in [6.07, 6.45) is 1.32. The van der Waals surface area contributed by atoms with Crippen LogP contribution in [0, 0.1) is 15.9 Å². The third kappa shape index (κ3) is 6.00. The van der Waals surface area contributed by atoms with Crippen molar-refractivity contribution < 1.29 is 18.9 Å². The molecule has 0 fully saturated rings. The van der Waals surface area contributed by atoms with Crippen LogP contribution in [0.2, 0.25) is 0 Å². The Hall–Kier alpha value is -3.82. The second kappa shape index (κ2) is 8.87. The largest absolute Gasteiger partial charge is 0.329 e. The highest BCUT2D eigenvalue weighted by atomic mass is 19.1. The second-order valence-corrected chi connectivity index (χ2v) is 4.96. The first kappa shape index (κ1) is 18.5. The second-order valence-electron chi connectivity index (χ2n) is 4.96. The molecule has 0 bridgehead atoms. The molecule has 3 amide bonds. The molecule has 9 nitrogen and oxygen atoms in total. The lowest BCUT2D eigenvalue weighted by Gasteiger charge is -2.06. The lowest BCUT2D eigenvalue weighted by molar-refractivity contribution is -0.384. The van der Waals surface area contributed by atoms with Crippen LogP contribution in [0.4, 0.5) is 20.6 Å². The highest BCUT2D eigenvalue weighted by Gasteiger charge is 2.09. The molecule has 0 atom stereocenters. The number of rotatable bonds is 6. The fourth-order valence-electron chi connectivity index (χ4n) is 1.80. The summed E-state index contributed by atoms with van der Waals surface area (Å²) in [4.78, 5) is 33.3. The molecule has 0 radical (unpaired) electrons. The van der Waals surface area contributed by atoms with Crippen molar-refractivity contribution in [3.8, 4) is 0 Å². The van der Waals surface area contributed by atoms with Crippen LogP contribution < -0.4 is 16.1 Å². The van der Waals surface area contributed by atoms with E-state index < -0.39 is 16.9 Å². The number of anilines is 1. The van der Waals surface area contributed by atoms with E-state index in [2.05, 4.69) is 21.2 Å². The van der Waals surface area contributed by atoms with Crippen molar-refractivity contribution in [2.75, 3.05) is 11.9 Å². The summed E-state index contributed by atoms with van der Waals surface area (Å²) in [5.41, 5.74) is 2.82. The Morgan fingerprint density at radius 3 is 2.62 bits per heavy atom. The van der Waals surface area contributed by atoms with Crippen molar-refractivity contribution in [2.24, 2.45) is 5.10 Å². The Kier molecular flexibility index (Phi) is 6.32. The molecule has 2 aromatic carbocycles. The Labute approximate surface area is 147 Å². The molecule has 2 aromatic rings. The Morgan fingerprint density at radius 1 is 1.19 bits per heavy atom. The molecular formula is C16H14FN5O4. The third-order valence-electron chi connectivity index (χ3n) is 3.00. The third-order valence-corrected chi connectivity index (χ3v) is 3.00. The van der Waals surface area contributed by atoms with Gasteiger partial charge < -0.3 is 10.6 Å². The molecule has 0 aromatic heterocycles. The van der Waals surface area contributed by atoms with Gasteiger partial charge in [0.1, 0.15) is 12.4 Å². The van der Waals surface area contributed by atoms with Crippen molar-refractivity contribution in [1.82, 2.24) is 10.7 Å². The number of amides is 3. The Bertz CT molecular complexity index is 839. The number of nitro groups is 1. The lowest BCUT2D eigenvalue weighted by atomic mass is 10.2. The van der Waals surface area contributed by atoms with E-state index in [1.54, 1.807) is 0 Å². The summed E-state index contributed by atoms with van der Waals surface area (Å²) in [7, 11) is 0. The molecule has 0 aliphatic rings. The molecule has 0 spiro atoms. The molecule has 10 heteroatoms. The van der Waals surface area contributed by atoms with Crippen molar-refractivity contribution in [3.63, 3.8) is 0 Å². The van der Waals surface area contributed by atoms with Gasteiger partial charge in [0.25, 0.3) is 11.6 Å². The first-order valence-corrected chi connectivity index (χ1v) is 7.31. The quantitative estimate of drug-likeness (QED) is 0.414. The van der Waals surface area contributed by atoms with Crippen LogP contribution in [0.5, 0.6) is 0 Å². The zero-order chi connectivity index (χ0) is 18.9. The summed E-state index contributed by atoms with van der Waals surface area (Å²) >= 11 is 0. The van der Waals surface area contributed by atoms with Crippen LogP contribution in [-0.2, 0) is 4.79 Å². The maximum absolute atomic E-state index is 12.7. The fourth-order valence-corrected chi connectivity index (χ4v) is 1.80. The number of nitro benzene ring substituents is 1. The lowest BCUT2D eigenvalue weighted by Crippen LogP contribution is -2.37. The van der Waals surface area contributed by atoms with Gasteiger partial charge in [0, 0.05) is 17.8 Å². The normalized spacial score (nSPS) is 10.3. The summed E-state index contributed by atoms with van der Waals surface area (Å²) in [5.74, 6) is -0.970. The number of hydrogen-bond donors (Lipinski definition) is 3. The number of benzene rings is 2. The highest BCUT2D eigenvalue weighted by molar-refractivity contribution is 5.92. The smallest absolute Gasteiger partial charge is 0.319 e. The van der Waals surface area contributed by atoms with E-state index in [1.165, 1.54) is 54.7 Å². The van der Waals surface area contributed by atoms with Gasteiger partial charge in [-0.1, -0.05) is 18.2 Å². The average Bonchev–Trinajstić information content (AvgIpc) is 2.62. The van der Waals surface area contributed by atoms with E-state index in [4.69, 9.17) is 0 Å². The first-order chi connectivity index (χ1) is 12.4. The van der Waals surface area contributed by atoms with Gasteiger partial charge >= 0.3 is 6.03 Å². The van der Waals surface area contributed by atoms with Crippen molar-refractivity contribution in [1.29, 1.82) is 0 Å². The number of nitrogens with zero attached hydrogens (tertiary/aromatic N) is 2. The van der Waals surface area contributed by atoms with Gasteiger partial charge in [-0.2, -0.15) is 5.10 Å². The fraction of sp³-hybridized carbons (Fsp3) is 0.0625. The SMILES string of the molecule is O=C(CNC(=O)Nc1cccc([N+](=O)[O-])c1)N/N=C/c1ccc(F)cc1. The van der Waals surface area contributed by atoms with Gasteiger partial charge in [0.2, 0.25) is 0 Å². The number of hydrogen-bond acceptors (Lipinski definition) is 5. The molecule has 0 heterocycles. The highest BCUT2D eigenvalue weighted by Crippen LogP contribution is 2.16. The molecule has 0 aliphatic carbocycles. The van der Waals surface area contributed by atoms with Crippen LogP contribution in [0.25, 0.3) is 0 Å². The van der Waals surface area contributed by atoms with Crippen LogP contribution in [0.1, 0.15) is 5.56 Å². The molecule has 0 aliphatic heterocycles. The number of carbonyl (C=O) groups is 2. The number of hydrazone groups is 1. The minimum atomic E-state index is -0.705. The number of non-ortho nitro benzene ring substituents is 1. The summed E-state index contributed by atoms with van der Waals surface area (Å²) in [6, 6.07) is 10.1. The van der Waals surface area contributed by atoms with Crippen molar-refractivity contribution in [3.05, 3.63) is 70.0 Å². The van der Waals surface area contributed by atoms with Crippen molar-refractivity contribution >= 4 is 29.5 Å². The minimum absolute atomic E-state index is 0.171. The van der Waals surface area contributed by atoms with Gasteiger partial charge in [0.05, 0.1) is 11.1 Å². The van der Waals surface area contributed by atoms with Gasteiger partial charge in [-0.3, -0.25) is 14.9 Å². The zero-order valence-corrected chi connectivity index (χ0v) is 13.3. The van der Waals surface area contributed by atoms with E-state index >= 15 is 0 Å². The van der Waals surface area contributed by atoms with Crippen LogP contribution >= 0.6 is 0 Å². The maximum Gasteiger partial charge on any atom is 0.319 e. The predicted octanol–water partition coefficient (Wildman–Crippen LogP) is 2.01. The predicted molar refractivity (Wildman–Crippen MR) is 92.3 cm³/mol. The minimum Gasteiger partial charge on any atom is -0.329 e. The molecule has 0 saturated carbocycles. The Balaban J connectivity index is 1.76. The molecule has 3 N–H and O–H groups in total. The first-order valence-electron chi connectivity index (χ1n) is 7.31.